The van der Waals surface area contributed by atoms with E-state index in [-0.39, 0.29) is 18.5 Å². The molecule has 500 valence electrons. The van der Waals surface area contributed by atoms with Gasteiger partial charge in [-0.1, -0.05) is 364 Å². The van der Waals surface area contributed by atoms with E-state index in [1.165, 1.54) is 327 Å². The molecule has 0 aliphatic rings. The van der Waals surface area contributed by atoms with Gasteiger partial charge in [-0.05, 0) is 89.9 Å². The fourth-order valence-corrected chi connectivity index (χ4v) is 12.0. The zero-order chi connectivity index (χ0) is 61.3. The lowest BCUT2D eigenvalue weighted by atomic mass is 10.0. The van der Waals surface area contributed by atoms with E-state index in [1.807, 2.05) is 0 Å². The number of nitrogens with one attached hydrogen (secondary N) is 1. The minimum atomic E-state index is -0.662. The minimum absolute atomic E-state index is 0.00704. The van der Waals surface area contributed by atoms with Crippen LogP contribution < -0.4 is 5.32 Å². The second kappa shape index (κ2) is 74.3. The summed E-state index contributed by atoms with van der Waals surface area (Å²) >= 11 is 0. The van der Waals surface area contributed by atoms with Gasteiger partial charge < -0.3 is 20.3 Å². The van der Waals surface area contributed by atoms with Gasteiger partial charge in [-0.25, -0.2) is 0 Å². The number of amides is 1. The summed E-state index contributed by atoms with van der Waals surface area (Å²) in [6, 6.07) is -0.539. The molecule has 0 heterocycles. The van der Waals surface area contributed by atoms with E-state index in [1.54, 1.807) is 0 Å². The van der Waals surface area contributed by atoms with E-state index >= 15 is 0 Å². The van der Waals surface area contributed by atoms with Gasteiger partial charge >= 0.3 is 5.97 Å². The maximum Gasteiger partial charge on any atom is 0.305 e. The lowest BCUT2D eigenvalue weighted by molar-refractivity contribution is -0.143. The molecule has 0 radical (unpaired) electrons. The molecule has 0 saturated carbocycles. The molecule has 0 bridgehead atoms. The van der Waals surface area contributed by atoms with Gasteiger partial charge in [-0.3, -0.25) is 9.59 Å². The first-order chi connectivity index (χ1) is 42.0. The van der Waals surface area contributed by atoms with Gasteiger partial charge in [0.25, 0.3) is 0 Å². The molecule has 0 fully saturated rings. The molecule has 1 amide bonds. The van der Waals surface area contributed by atoms with Crippen molar-refractivity contribution in [2.75, 3.05) is 13.2 Å². The van der Waals surface area contributed by atoms with Crippen LogP contribution in [-0.4, -0.2) is 47.4 Å². The fraction of sp³-hybridized carbons (Fsp3) is 0.873. The van der Waals surface area contributed by atoms with Gasteiger partial charge in [0.15, 0.2) is 0 Å². The van der Waals surface area contributed by atoms with Crippen molar-refractivity contribution in [2.45, 2.75) is 431 Å². The van der Waals surface area contributed by atoms with Crippen LogP contribution >= 0.6 is 0 Å². The highest BCUT2D eigenvalue weighted by Gasteiger charge is 2.20. The average molecular weight is 1190 g/mol. The first kappa shape index (κ1) is 82.8. The lowest BCUT2D eigenvalue weighted by Crippen LogP contribution is -2.45. The predicted octanol–water partition coefficient (Wildman–Crippen LogP) is 25.2. The maximum atomic E-state index is 12.5. The molecule has 0 aliphatic heterocycles. The Balaban J connectivity index is 3.34. The van der Waals surface area contributed by atoms with E-state index in [0.29, 0.717) is 25.9 Å². The van der Waals surface area contributed by atoms with E-state index in [0.717, 1.165) is 57.8 Å². The third-order valence-corrected chi connectivity index (χ3v) is 17.9. The number of unbranched alkanes of at least 4 members (excludes halogenated alkanes) is 53. The van der Waals surface area contributed by atoms with E-state index in [2.05, 4.69) is 67.8 Å². The summed E-state index contributed by atoms with van der Waals surface area (Å²) in [6.07, 6.45) is 97.7. The van der Waals surface area contributed by atoms with Crippen molar-refractivity contribution in [1.29, 1.82) is 0 Å². The molecule has 0 rings (SSSR count). The molecule has 3 N–H and O–H groups in total. The van der Waals surface area contributed by atoms with Crippen molar-refractivity contribution in [3.8, 4) is 0 Å². The first-order valence-electron chi connectivity index (χ1n) is 38.4. The molecule has 6 heteroatoms. The van der Waals surface area contributed by atoms with Crippen LogP contribution in [0.5, 0.6) is 0 Å². The summed E-state index contributed by atoms with van der Waals surface area (Å²) in [6.45, 7) is 4.96. The smallest absolute Gasteiger partial charge is 0.305 e. The number of allylic oxidation sites excluding steroid dienone is 8. The molecule has 2 unspecified atom stereocenters. The van der Waals surface area contributed by atoms with Gasteiger partial charge in [0, 0.05) is 12.8 Å². The van der Waals surface area contributed by atoms with E-state index in [9.17, 15) is 19.8 Å². The van der Waals surface area contributed by atoms with Crippen LogP contribution in [0.25, 0.3) is 0 Å². The van der Waals surface area contributed by atoms with Crippen LogP contribution in [0.3, 0.4) is 0 Å². The second-order valence-electron chi connectivity index (χ2n) is 26.3. The quantitative estimate of drug-likeness (QED) is 0.0320. The normalized spacial score (nSPS) is 12.8. The number of hydrogen-bond donors (Lipinski definition) is 3. The number of esters is 1. The molecule has 0 aromatic carbocycles. The highest BCUT2D eigenvalue weighted by Crippen LogP contribution is 2.19. The van der Waals surface area contributed by atoms with Crippen molar-refractivity contribution in [3.05, 3.63) is 48.6 Å². The van der Waals surface area contributed by atoms with Crippen molar-refractivity contribution in [1.82, 2.24) is 5.32 Å². The zero-order valence-corrected chi connectivity index (χ0v) is 57.4. The summed E-state index contributed by atoms with van der Waals surface area (Å²) in [4.78, 5) is 24.6. The fourth-order valence-electron chi connectivity index (χ4n) is 12.0. The Morgan fingerprint density at radius 2 is 0.588 bits per heavy atom. The highest BCUT2D eigenvalue weighted by molar-refractivity contribution is 5.76. The Kier molecular flexibility index (Phi) is 72.4. The molecular weight excluding hydrogens is 1040 g/mol. The predicted molar refractivity (Wildman–Crippen MR) is 375 cm³/mol. The largest absolute Gasteiger partial charge is 0.466 e. The molecule has 6 nitrogen and oxygen atoms in total. The Morgan fingerprint density at radius 3 is 0.906 bits per heavy atom. The Bertz CT molecular complexity index is 1420. The SMILES string of the molecule is CCCCCC/C=C\C/C=C\CCCCCCCC(=O)OCCCCCCCCCCCCCCCCC/C=C\C/C=C\CCCCCCCCCCCCCCCCCCCC(=O)NC(CO)C(O)CCCCCCCCCCCCCCC. The number of carbonyl (C=O) groups is 2. The van der Waals surface area contributed by atoms with Crippen molar-refractivity contribution in [2.24, 2.45) is 0 Å². The molecule has 0 spiro atoms. The lowest BCUT2D eigenvalue weighted by Gasteiger charge is -2.22. The van der Waals surface area contributed by atoms with E-state index < -0.39 is 12.1 Å². The third kappa shape index (κ3) is 70.8. The topological polar surface area (TPSA) is 95.9 Å². The molecule has 2 atom stereocenters. The Morgan fingerprint density at radius 1 is 0.329 bits per heavy atom. The van der Waals surface area contributed by atoms with Gasteiger partial charge in [0.05, 0.1) is 25.4 Å². The number of hydrogen-bond acceptors (Lipinski definition) is 5. The van der Waals surface area contributed by atoms with Crippen molar-refractivity contribution < 1.29 is 24.5 Å². The Hall–Kier alpha value is -2.18. The molecule has 0 aliphatic carbocycles. The summed E-state index contributed by atoms with van der Waals surface area (Å²) < 4.78 is 5.49. The number of ether oxygens (including phenoxy) is 1. The molecule has 85 heavy (non-hydrogen) atoms. The van der Waals surface area contributed by atoms with Crippen LogP contribution in [-0.2, 0) is 14.3 Å². The van der Waals surface area contributed by atoms with Crippen LogP contribution in [0.15, 0.2) is 48.6 Å². The van der Waals surface area contributed by atoms with Crippen LogP contribution in [0.1, 0.15) is 418 Å². The zero-order valence-electron chi connectivity index (χ0n) is 57.4. The van der Waals surface area contributed by atoms with Gasteiger partial charge in [0.2, 0.25) is 5.91 Å². The third-order valence-electron chi connectivity index (χ3n) is 17.9. The molecule has 0 aromatic rings. The maximum absolute atomic E-state index is 12.5. The van der Waals surface area contributed by atoms with Crippen LogP contribution in [0.4, 0.5) is 0 Å². The first-order valence-corrected chi connectivity index (χ1v) is 38.4. The number of rotatable bonds is 72. The summed E-state index contributed by atoms with van der Waals surface area (Å²) in [5, 5.41) is 23.3. The standard InChI is InChI=1S/C79H149NO5/c1-3-5-7-9-11-13-15-17-18-45-49-53-57-61-65-69-73-79(84)85-74-70-66-62-58-54-50-46-43-41-39-37-35-33-31-29-27-25-23-21-19-20-22-24-26-28-30-32-34-36-38-40-42-44-48-52-56-60-64-68-72-78(83)80-76(75-81)77(82)71-67-63-59-55-51-47-16-14-12-10-8-6-4-2/h13,15,18-20,23,25,45,76-77,81-82H,3-12,14,16-17,21-22,24,26-44,46-75H2,1-2H3,(H,80,83)/b15-13-,20-19-,25-23-,45-18-. The number of carbonyl (C=O) groups excluding carboxylic acids is 2. The number of aliphatic hydroxyl groups excluding tert-OH is 2. The van der Waals surface area contributed by atoms with Gasteiger partial charge in [-0.2, -0.15) is 0 Å². The average Bonchev–Trinajstić information content (AvgIpc) is 3.51. The monoisotopic (exact) mass is 1190 g/mol. The number of aliphatic hydroxyl groups is 2. The van der Waals surface area contributed by atoms with Crippen LogP contribution in [0.2, 0.25) is 0 Å². The van der Waals surface area contributed by atoms with Crippen LogP contribution in [0, 0.1) is 0 Å². The van der Waals surface area contributed by atoms with Crippen molar-refractivity contribution >= 4 is 11.9 Å². The minimum Gasteiger partial charge on any atom is -0.466 e. The molecule has 0 saturated heterocycles. The highest BCUT2D eigenvalue weighted by atomic mass is 16.5. The Labute approximate surface area is 531 Å². The van der Waals surface area contributed by atoms with Gasteiger partial charge in [-0.15, -0.1) is 0 Å². The van der Waals surface area contributed by atoms with Gasteiger partial charge in [0.1, 0.15) is 0 Å². The summed E-state index contributed by atoms with van der Waals surface area (Å²) in [5.41, 5.74) is 0. The second-order valence-corrected chi connectivity index (χ2v) is 26.3. The summed E-state index contributed by atoms with van der Waals surface area (Å²) in [5.74, 6) is -0.0230. The molecular formula is C79H149NO5. The summed E-state index contributed by atoms with van der Waals surface area (Å²) in [7, 11) is 0. The van der Waals surface area contributed by atoms with E-state index in [4.69, 9.17) is 4.74 Å². The van der Waals surface area contributed by atoms with Crippen molar-refractivity contribution in [3.63, 3.8) is 0 Å². The molecule has 0 aromatic heterocycles.